The number of hydrogen-bond donors (Lipinski definition) is 2. The summed E-state index contributed by atoms with van der Waals surface area (Å²) in [6, 6.07) is 24.2. The van der Waals surface area contributed by atoms with Gasteiger partial charge in [-0.2, -0.15) is 0 Å². The Hall–Kier alpha value is -4.19. The number of carbonyl (C=O) groups is 2. The summed E-state index contributed by atoms with van der Waals surface area (Å²) in [5, 5.41) is 7.80. The molecule has 6 heteroatoms. The topological polar surface area (TPSA) is 80.3 Å². The number of ether oxygens (including phenoxy) is 1. The summed E-state index contributed by atoms with van der Waals surface area (Å²) in [5.74, 6) is -0.0210. The van der Waals surface area contributed by atoms with Gasteiger partial charge in [0.15, 0.2) is 6.10 Å². The van der Waals surface area contributed by atoms with Crippen molar-refractivity contribution in [2.45, 2.75) is 19.6 Å². The van der Waals surface area contributed by atoms with Crippen molar-refractivity contribution in [1.82, 2.24) is 10.3 Å². The van der Waals surface area contributed by atoms with E-state index in [4.69, 9.17) is 4.74 Å². The number of anilines is 1. The molecule has 3 aromatic carbocycles. The maximum absolute atomic E-state index is 12.8. The minimum atomic E-state index is -0.748. The number of hydrogen-bond acceptors (Lipinski definition) is 4. The van der Waals surface area contributed by atoms with Gasteiger partial charge in [-0.25, -0.2) is 0 Å². The maximum Gasteiger partial charge on any atom is 0.265 e. The molecule has 1 heterocycles. The van der Waals surface area contributed by atoms with E-state index in [9.17, 15) is 9.59 Å². The van der Waals surface area contributed by atoms with Crippen LogP contribution in [0.2, 0.25) is 0 Å². The van der Waals surface area contributed by atoms with Gasteiger partial charge in [0.2, 0.25) is 0 Å². The normalized spacial score (nSPS) is 11.5. The second kappa shape index (κ2) is 9.75. The fraction of sp³-hybridized carbons (Fsp3) is 0.115. The molecule has 0 saturated carbocycles. The number of carbonyl (C=O) groups excluding carboxylic acids is 2. The quantitative estimate of drug-likeness (QED) is 0.455. The monoisotopic (exact) mass is 425 g/mol. The fourth-order valence-electron chi connectivity index (χ4n) is 3.30. The van der Waals surface area contributed by atoms with E-state index in [0.29, 0.717) is 23.5 Å². The van der Waals surface area contributed by atoms with Crippen LogP contribution in [-0.4, -0.2) is 22.9 Å². The molecule has 0 aliphatic heterocycles. The highest BCUT2D eigenvalue weighted by Gasteiger charge is 2.18. The summed E-state index contributed by atoms with van der Waals surface area (Å²) < 4.78 is 5.84. The van der Waals surface area contributed by atoms with Crippen molar-refractivity contribution in [2.75, 3.05) is 5.32 Å². The molecule has 0 bridgehead atoms. The lowest BCUT2D eigenvalue weighted by molar-refractivity contribution is -0.122. The Morgan fingerprint density at radius 2 is 1.72 bits per heavy atom. The van der Waals surface area contributed by atoms with Crippen molar-refractivity contribution >= 4 is 28.3 Å². The lowest BCUT2D eigenvalue weighted by Crippen LogP contribution is -2.31. The molecule has 1 atom stereocenters. The Balaban J connectivity index is 1.41. The van der Waals surface area contributed by atoms with E-state index in [0.717, 1.165) is 16.3 Å². The summed E-state index contributed by atoms with van der Waals surface area (Å²) >= 11 is 0. The van der Waals surface area contributed by atoms with Crippen LogP contribution in [0.5, 0.6) is 5.75 Å². The first-order valence-corrected chi connectivity index (χ1v) is 10.3. The first-order valence-electron chi connectivity index (χ1n) is 10.3. The van der Waals surface area contributed by atoms with Gasteiger partial charge in [0.1, 0.15) is 5.75 Å². The number of nitrogens with one attached hydrogen (secondary N) is 2. The van der Waals surface area contributed by atoms with Crippen LogP contribution in [0.3, 0.4) is 0 Å². The van der Waals surface area contributed by atoms with Crippen molar-refractivity contribution < 1.29 is 14.3 Å². The second-order valence-electron chi connectivity index (χ2n) is 7.35. The first kappa shape index (κ1) is 21.1. The van der Waals surface area contributed by atoms with Crippen LogP contribution in [0.25, 0.3) is 10.8 Å². The molecule has 32 heavy (non-hydrogen) atoms. The largest absolute Gasteiger partial charge is 0.481 e. The van der Waals surface area contributed by atoms with Crippen LogP contribution in [0.1, 0.15) is 22.8 Å². The average Bonchev–Trinajstić information content (AvgIpc) is 2.83. The Kier molecular flexibility index (Phi) is 6.41. The third-order valence-electron chi connectivity index (χ3n) is 5.01. The first-order chi connectivity index (χ1) is 15.6. The van der Waals surface area contributed by atoms with E-state index >= 15 is 0 Å². The number of nitrogens with zero attached hydrogens (tertiary/aromatic N) is 1. The molecule has 0 spiro atoms. The zero-order valence-corrected chi connectivity index (χ0v) is 17.6. The molecule has 2 N–H and O–H groups in total. The van der Waals surface area contributed by atoms with Crippen molar-refractivity contribution in [2.24, 2.45) is 0 Å². The third kappa shape index (κ3) is 5.10. The van der Waals surface area contributed by atoms with Gasteiger partial charge in [0.25, 0.3) is 11.8 Å². The average molecular weight is 425 g/mol. The van der Waals surface area contributed by atoms with Crippen LogP contribution >= 0.6 is 0 Å². The Labute approximate surface area is 186 Å². The van der Waals surface area contributed by atoms with Gasteiger partial charge in [-0.15, -0.1) is 0 Å². The fourth-order valence-corrected chi connectivity index (χ4v) is 3.30. The lowest BCUT2D eigenvalue weighted by Gasteiger charge is -2.17. The standard InChI is InChI=1S/C26H23N3O3/c1-18(32-22-13-12-20-8-2-3-9-21(20)15-22)25(30)29-24-11-5-4-10-23(24)26(31)28-17-19-7-6-14-27-16-19/h2-16,18H,17H2,1H3,(H,28,31)(H,29,30)/t18-/m1/s1. The summed E-state index contributed by atoms with van der Waals surface area (Å²) in [4.78, 5) is 29.5. The number of rotatable bonds is 7. The van der Waals surface area contributed by atoms with E-state index in [1.165, 1.54) is 0 Å². The van der Waals surface area contributed by atoms with Crippen molar-refractivity contribution in [1.29, 1.82) is 0 Å². The molecule has 0 aliphatic rings. The predicted octanol–water partition coefficient (Wildman–Crippen LogP) is 4.57. The highest BCUT2D eigenvalue weighted by molar-refractivity contribution is 6.04. The Morgan fingerprint density at radius 1 is 0.938 bits per heavy atom. The SMILES string of the molecule is C[C@@H](Oc1ccc2ccccc2c1)C(=O)Nc1ccccc1C(=O)NCc1cccnc1. The molecule has 4 rings (SSSR count). The third-order valence-corrected chi connectivity index (χ3v) is 5.01. The van der Waals surface area contributed by atoms with E-state index in [1.807, 2.05) is 54.6 Å². The van der Waals surface area contributed by atoms with Gasteiger partial charge in [-0.1, -0.05) is 48.5 Å². The minimum Gasteiger partial charge on any atom is -0.481 e. The van der Waals surface area contributed by atoms with Crippen LogP contribution in [0.4, 0.5) is 5.69 Å². The van der Waals surface area contributed by atoms with E-state index in [1.54, 1.807) is 43.6 Å². The summed E-state index contributed by atoms with van der Waals surface area (Å²) in [6.07, 6.45) is 2.62. The van der Waals surface area contributed by atoms with E-state index < -0.39 is 6.10 Å². The van der Waals surface area contributed by atoms with E-state index in [-0.39, 0.29) is 11.8 Å². The zero-order valence-electron chi connectivity index (χ0n) is 17.6. The van der Waals surface area contributed by atoms with Gasteiger partial charge >= 0.3 is 0 Å². The van der Waals surface area contributed by atoms with Gasteiger partial charge < -0.3 is 15.4 Å². The summed E-state index contributed by atoms with van der Waals surface area (Å²) in [6.45, 7) is 2.02. The van der Waals surface area contributed by atoms with Crippen LogP contribution in [-0.2, 0) is 11.3 Å². The molecular weight excluding hydrogens is 402 g/mol. The number of aromatic nitrogens is 1. The highest BCUT2D eigenvalue weighted by atomic mass is 16.5. The molecule has 0 aliphatic carbocycles. The number of pyridine rings is 1. The lowest BCUT2D eigenvalue weighted by atomic mass is 10.1. The van der Waals surface area contributed by atoms with Crippen molar-refractivity contribution in [3.63, 3.8) is 0 Å². The summed E-state index contributed by atoms with van der Waals surface area (Å²) in [7, 11) is 0. The number of fused-ring (bicyclic) bond motifs is 1. The van der Waals surface area contributed by atoms with Crippen molar-refractivity contribution in [3.05, 3.63) is 102 Å². The predicted molar refractivity (Wildman–Crippen MR) is 125 cm³/mol. The molecule has 4 aromatic rings. The summed E-state index contributed by atoms with van der Waals surface area (Å²) in [5.41, 5.74) is 1.69. The molecule has 6 nitrogen and oxygen atoms in total. The van der Waals surface area contributed by atoms with Crippen LogP contribution in [0, 0.1) is 0 Å². The van der Waals surface area contributed by atoms with Gasteiger partial charge in [-0.05, 0) is 53.6 Å². The molecule has 0 saturated heterocycles. The van der Waals surface area contributed by atoms with Crippen LogP contribution in [0.15, 0.2) is 91.3 Å². The Bertz CT molecular complexity index is 1240. The zero-order chi connectivity index (χ0) is 22.3. The molecule has 1 aromatic heterocycles. The molecule has 160 valence electrons. The molecule has 2 amide bonds. The van der Waals surface area contributed by atoms with Gasteiger partial charge in [0, 0.05) is 18.9 Å². The number of para-hydroxylation sites is 1. The molecular formula is C26H23N3O3. The Morgan fingerprint density at radius 3 is 2.53 bits per heavy atom. The van der Waals surface area contributed by atoms with E-state index in [2.05, 4.69) is 15.6 Å². The second-order valence-corrected chi connectivity index (χ2v) is 7.35. The molecule has 0 fully saturated rings. The molecule has 0 radical (unpaired) electrons. The highest BCUT2D eigenvalue weighted by Crippen LogP contribution is 2.22. The maximum atomic E-state index is 12.8. The van der Waals surface area contributed by atoms with Crippen LogP contribution < -0.4 is 15.4 Å². The van der Waals surface area contributed by atoms with Gasteiger partial charge in [-0.3, -0.25) is 14.6 Å². The number of amides is 2. The smallest absolute Gasteiger partial charge is 0.265 e. The van der Waals surface area contributed by atoms with Crippen molar-refractivity contribution in [3.8, 4) is 5.75 Å². The number of benzene rings is 3. The molecule has 0 unspecified atom stereocenters. The minimum absolute atomic E-state index is 0.284. The van der Waals surface area contributed by atoms with Gasteiger partial charge in [0.05, 0.1) is 11.3 Å².